The highest BCUT2D eigenvalue weighted by Gasteiger charge is 2.46. The first-order valence-corrected chi connectivity index (χ1v) is 10.4. The van der Waals surface area contributed by atoms with E-state index in [1.807, 2.05) is 31.1 Å². The first-order valence-electron chi connectivity index (χ1n) is 10.4. The van der Waals surface area contributed by atoms with Crippen LogP contribution < -0.4 is 14.2 Å². The van der Waals surface area contributed by atoms with Gasteiger partial charge in [0.1, 0.15) is 11.5 Å². The monoisotopic (exact) mass is 438 g/mol. The molecule has 1 fully saturated rings. The van der Waals surface area contributed by atoms with E-state index in [2.05, 4.69) is 0 Å². The Morgan fingerprint density at radius 1 is 1.16 bits per heavy atom. The zero-order chi connectivity index (χ0) is 22.8. The third-order valence-corrected chi connectivity index (χ3v) is 5.62. The number of ketones is 1. The highest BCUT2D eigenvalue weighted by atomic mass is 16.7. The zero-order valence-corrected chi connectivity index (χ0v) is 18.3. The molecule has 1 unspecified atom stereocenters. The highest BCUT2D eigenvalue weighted by molar-refractivity contribution is 6.46. The molecular weight excluding hydrogens is 412 g/mol. The van der Waals surface area contributed by atoms with E-state index in [0.717, 1.165) is 6.54 Å². The Morgan fingerprint density at radius 2 is 1.91 bits per heavy atom. The van der Waals surface area contributed by atoms with Crippen LogP contribution in [0.5, 0.6) is 17.2 Å². The fourth-order valence-corrected chi connectivity index (χ4v) is 4.08. The highest BCUT2D eigenvalue weighted by Crippen LogP contribution is 2.43. The van der Waals surface area contributed by atoms with Crippen LogP contribution in [-0.4, -0.2) is 67.7 Å². The van der Waals surface area contributed by atoms with Crippen molar-refractivity contribution in [3.8, 4) is 17.2 Å². The molecule has 0 bridgehead atoms. The number of hydrogen-bond acceptors (Lipinski definition) is 7. The number of para-hydroxylation sites is 1. The normalized spacial score (nSPS) is 19.1. The summed E-state index contributed by atoms with van der Waals surface area (Å²) in [6.07, 6.45) is 0.676. The molecule has 0 spiro atoms. The second-order valence-corrected chi connectivity index (χ2v) is 7.96. The van der Waals surface area contributed by atoms with Crippen LogP contribution in [0, 0.1) is 0 Å². The number of aliphatic hydroxyl groups excluding tert-OH is 1. The van der Waals surface area contributed by atoms with Crippen molar-refractivity contribution >= 4 is 17.4 Å². The molecular formula is C24H26N2O6. The molecule has 2 heterocycles. The molecule has 2 aliphatic rings. The Morgan fingerprint density at radius 3 is 2.66 bits per heavy atom. The number of hydrogen-bond donors (Lipinski definition) is 1. The SMILES string of the molecule is COc1ccccc1C1C(=C(O)c2ccc3c(c2)OCO3)C(=O)C(=O)N1CCCN(C)C. The number of aliphatic hydroxyl groups is 1. The molecule has 0 aliphatic carbocycles. The molecule has 32 heavy (non-hydrogen) atoms. The molecule has 4 rings (SSSR count). The summed E-state index contributed by atoms with van der Waals surface area (Å²) >= 11 is 0. The van der Waals surface area contributed by atoms with E-state index in [1.165, 1.54) is 12.0 Å². The summed E-state index contributed by atoms with van der Waals surface area (Å²) in [5.41, 5.74) is 1.05. The second kappa shape index (κ2) is 8.92. The van der Waals surface area contributed by atoms with Gasteiger partial charge in [0, 0.05) is 17.7 Å². The van der Waals surface area contributed by atoms with Crippen LogP contribution in [-0.2, 0) is 9.59 Å². The molecule has 168 valence electrons. The topological polar surface area (TPSA) is 88.5 Å². The van der Waals surface area contributed by atoms with Crippen LogP contribution in [0.1, 0.15) is 23.6 Å². The predicted molar refractivity (Wildman–Crippen MR) is 118 cm³/mol. The van der Waals surface area contributed by atoms with Crippen molar-refractivity contribution in [1.29, 1.82) is 0 Å². The van der Waals surface area contributed by atoms with Gasteiger partial charge < -0.3 is 29.1 Å². The van der Waals surface area contributed by atoms with E-state index in [4.69, 9.17) is 14.2 Å². The summed E-state index contributed by atoms with van der Waals surface area (Å²) in [4.78, 5) is 29.7. The van der Waals surface area contributed by atoms with Gasteiger partial charge in [0.15, 0.2) is 11.5 Å². The fraction of sp³-hybridized carbons (Fsp3) is 0.333. The first kappa shape index (κ1) is 21.7. The van der Waals surface area contributed by atoms with Gasteiger partial charge in [0.25, 0.3) is 11.7 Å². The lowest BCUT2D eigenvalue weighted by Crippen LogP contribution is -2.32. The van der Waals surface area contributed by atoms with Gasteiger partial charge in [-0.2, -0.15) is 0 Å². The first-order chi connectivity index (χ1) is 15.4. The van der Waals surface area contributed by atoms with Crippen LogP contribution in [0.4, 0.5) is 0 Å². The molecule has 0 saturated carbocycles. The third kappa shape index (κ3) is 3.89. The number of carbonyl (C=O) groups is 2. The number of ether oxygens (including phenoxy) is 3. The van der Waals surface area contributed by atoms with Crippen molar-refractivity contribution in [2.75, 3.05) is 41.1 Å². The van der Waals surface area contributed by atoms with E-state index < -0.39 is 17.7 Å². The minimum Gasteiger partial charge on any atom is -0.507 e. The average molecular weight is 438 g/mol. The Balaban J connectivity index is 1.82. The molecule has 2 aromatic carbocycles. The van der Waals surface area contributed by atoms with Gasteiger partial charge in [0.05, 0.1) is 18.7 Å². The van der Waals surface area contributed by atoms with Crippen LogP contribution >= 0.6 is 0 Å². The lowest BCUT2D eigenvalue weighted by Gasteiger charge is -2.27. The quantitative estimate of drug-likeness (QED) is 0.404. The number of carbonyl (C=O) groups excluding carboxylic acids is 2. The van der Waals surface area contributed by atoms with Gasteiger partial charge in [0.2, 0.25) is 6.79 Å². The van der Waals surface area contributed by atoms with Gasteiger partial charge in [-0.1, -0.05) is 18.2 Å². The molecule has 8 heteroatoms. The Kier molecular flexibility index (Phi) is 6.05. The van der Waals surface area contributed by atoms with Crippen molar-refractivity contribution < 1.29 is 28.9 Å². The summed E-state index contributed by atoms with van der Waals surface area (Å²) in [6, 6.07) is 11.4. The van der Waals surface area contributed by atoms with Gasteiger partial charge >= 0.3 is 0 Å². The number of amides is 1. The maximum Gasteiger partial charge on any atom is 0.295 e. The number of fused-ring (bicyclic) bond motifs is 1. The van der Waals surface area contributed by atoms with E-state index >= 15 is 0 Å². The smallest absolute Gasteiger partial charge is 0.295 e. The maximum absolute atomic E-state index is 13.1. The van der Waals surface area contributed by atoms with Crippen molar-refractivity contribution in [3.05, 3.63) is 59.2 Å². The van der Waals surface area contributed by atoms with Gasteiger partial charge in [-0.25, -0.2) is 0 Å². The van der Waals surface area contributed by atoms with Crippen molar-refractivity contribution in [1.82, 2.24) is 9.80 Å². The molecule has 1 saturated heterocycles. The maximum atomic E-state index is 13.1. The summed E-state index contributed by atoms with van der Waals surface area (Å²) in [5, 5.41) is 11.2. The zero-order valence-electron chi connectivity index (χ0n) is 18.3. The summed E-state index contributed by atoms with van der Waals surface area (Å²) in [5.74, 6) is -0.0424. The van der Waals surface area contributed by atoms with Crippen LogP contribution in [0.3, 0.4) is 0 Å². The molecule has 1 atom stereocenters. The summed E-state index contributed by atoms with van der Waals surface area (Å²) < 4.78 is 16.2. The van der Waals surface area contributed by atoms with Gasteiger partial charge in [-0.3, -0.25) is 9.59 Å². The Bertz CT molecular complexity index is 1080. The van der Waals surface area contributed by atoms with Crippen LogP contribution in [0.15, 0.2) is 48.0 Å². The predicted octanol–water partition coefficient (Wildman–Crippen LogP) is 2.80. The molecule has 1 N–H and O–H groups in total. The van der Waals surface area contributed by atoms with Gasteiger partial charge in [-0.05, 0) is 51.3 Å². The largest absolute Gasteiger partial charge is 0.507 e. The summed E-state index contributed by atoms with van der Waals surface area (Å²) in [7, 11) is 5.44. The molecule has 1 amide bonds. The number of methoxy groups -OCH3 is 1. The van der Waals surface area contributed by atoms with Crippen molar-refractivity contribution in [2.45, 2.75) is 12.5 Å². The number of likely N-dealkylation sites (tertiary alicyclic amines) is 1. The van der Waals surface area contributed by atoms with Crippen molar-refractivity contribution in [3.63, 3.8) is 0 Å². The molecule has 8 nitrogen and oxygen atoms in total. The fourth-order valence-electron chi connectivity index (χ4n) is 4.08. The van der Waals surface area contributed by atoms with E-state index in [-0.39, 0.29) is 18.1 Å². The lowest BCUT2D eigenvalue weighted by atomic mass is 9.94. The summed E-state index contributed by atoms with van der Waals surface area (Å²) in [6.45, 7) is 1.21. The number of Topliss-reactive ketones (excluding diaryl/α,β-unsaturated/α-hetero) is 1. The minimum atomic E-state index is -0.765. The van der Waals surface area contributed by atoms with Gasteiger partial charge in [-0.15, -0.1) is 0 Å². The standard InChI is InChI=1S/C24H26N2O6/c1-25(2)11-6-12-26-21(16-7-4-5-8-17(16)30-3)20(23(28)24(26)29)22(27)15-9-10-18-19(13-15)32-14-31-18/h4-5,7-10,13,21,27H,6,11-12,14H2,1-3H3. The second-order valence-electron chi connectivity index (χ2n) is 7.96. The van der Waals surface area contributed by atoms with E-state index in [9.17, 15) is 14.7 Å². The van der Waals surface area contributed by atoms with Crippen LogP contribution in [0.25, 0.3) is 5.76 Å². The Hall–Kier alpha value is -3.52. The van der Waals surface area contributed by atoms with E-state index in [1.54, 1.807) is 30.3 Å². The molecule has 2 aromatic rings. The molecule has 0 radical (unpaired) electrons. The number of benzene rings is 2. The molecule has 0 aromatic heterocycles. The minimum absolute atomic E-state index is 0.0308. The molecule has 2 aliphatic heterocycles. The Labute approximate surface area is 186 Å². The van der Waals surface area contributed by atoms with Crippen LogP contribution in [0.2, 0.25) is 0 Å². The average Bonchev–Trinajstić information content (AvgIpc) is 3.36. The lowest BCUT2D eigenvalue weighted by molar-refractivity contribution is -0.140. The van der Waals surface area contributed by atoms with E-state index in [0.29, 0.717) is 41.3 Å². The van der Waals surface area contributed by atoms with Crippen molar-refractivity contribution in [2.24, 2.45) is 0 Å². The number of rotatable bonds is 7. The number of nitrogens with zero attached hydrogens (tertiary/aromatic N) is 2. The third-order valence-electron chi connectivity index (χ3n) is 5.62.